The van der Waals surface area contributed by atoms with E-state index in [9.17, 15) is 14.0 Å². The topological polar surface area (TPSA) is 43.9 Å². The highest BCUT2D eigenvalue weighted by Crippen LogP contribution is 2.33. The molecule has 4 rings (SSSR count). The summed E-state index contributed by atoms with van der Waals surface area (Å²) in [4.78, 5) is 32.4. The molecule has 0 aromatic heterocycles. The van der Waals surface area contributed by atoms with Crippen LogP contribution in [0.2, 0.25) is 0 Å². The maximum Gasteiger partial charge on any atom is 0.278 e. The lowest BCUT2D eigenvalue weighted by Gasteiger charge is -2.36. The second kappa shape index (κ2) is 8.40. The number of likely N-dealkylation sites (N-methyl/N-ethyl adjacent to an activating group) is 1. The van der Waals surface area contributed by atoms with E-state index < -0.39 is 0 Å². The van der Waals surface area contributed by atoms with E-state index in [0.717, 1.165) is 30.8 Å². The number of imide groups is 1. The molecule has 5 nitrogen and oxygen atoms in total. The van der Waals surface area contributed by atoms with Crippen molar-refractivity contribution in [2.24, 2.45) is 0 Å². The first-order valence-electron chi connectivity index (χ1n) is 10.4. The molecule has 0 radical (unpaired) electrons. The lowest BCUT2D eigenvalue weighted by molar-refractivity contribution is -0.138. The van der Waals surface area contributed by atoms with Gasteiger partial charge in [0.25, 0.3) is 11.8 Å². The average Bonchev–Trinajstić information content (AvgIpc) is 3.00. The summed E-state index contributed by atoms with van der Waals surface area (Å²) < 4.78 is 13.5. The Bertz CT molecular complexity index is 975. The molecule has 2 amide bonds. The van der Waals surface area contributed by atoms with Gasteiger partial charge in [0.1, 0.15) is 11.5 Å². The Hall–Kier alpha value is -2.99. The van der Waals surface area contributed by atoms with Gasteiger partial charge in [-0.25, -0.2) is 4.39 Å². The fourth-order valence-corrected chi connectivity index (χ4v) is 4.04. The van der Waals surface area contributed by atoms with Crippen LogP contribution >= 0.6 is 0 Å². The number of nitrogens with zero attached hydrogens (tertiary/aromatic N) is 3. The number of hydrogen-bond donors (Lipinski definition) is 0. The van der Waals surface area contributed by atoms with Gasteiger partial charge in [-0.05, 0) is 36.7 Å². The van der Waals surface area contributed by atoms with Crippen LogP contribution in [0.15, 0.2) is 54.2 Å². The number of aryl methyl sites for hydroxylation is 1. The minimum Gasteiger partial charge on any atom is -0.364 e. The molecule has 0 saturated carbocycles. The number of rotatable bonds is 5. The third-order valence-electron chi connectivity index (χ3n) is 5.87. The molecule has 2 aromatic carbocycles. The minimum atomic E-state index is -0.370. The van der Waals surface area contributed by atoms with E-state index in [4.69, 9.17) is 0 Å². The van der Waals surface area contributed by atoms with Gasteiger partial charge in [0, 0.05) is 26.2 Å². The van der Waals surface area contributed by atoms with Crippen LogP contribution in [0.25, 0.3) is 5.57 Å². The van der Waals surface area contributed by atoms with Crippen molar-refractivity contribution >= 4 is 17.4 Å². The Balaban J connectivity index is 1.69. The van der Waals surface area contributed by atoms with Crippen molar-refractivity contribution < 1.29 is 14.0 Å². The Morgan fingerprint density at radius 2 is 1.50 bits per heavy atom. The number of hydrogen-bond acceptors (Lipinski definition) is 4. The average molecular weight is 407 g/mol. The normalized spacial score (nSPS) is 18.0. The van der Waals surface area contributed by atoms with Gasteiger partial charge in [0.15, 0.2) is 0 Å². The van der Waals surface area contributed by atoms with Crippen molar-refractivity contribution in [3.05, 3.63) is 76.7 Å². The van der Waals surface area contributed by atoms with Crippen LogP contribution in [0.3, 0.4) is 0 Å². The van der Waals surface area contributed by atoms with Crippen molar-refractivity contribution in [1.29, 1.82) is 0 Å². The van der Waals surface area contributed by atoms with Gasteiger partial charge in [-0.3, -0.25) is 14.5 Å². The third-order valence-corrected chi connectivity index (χ3v) is 5.87. The molecule has 2 aromatic rings. The van der Waals surface area contributed by atoms with Crippen molar-refractivity contribution in [2.45, 2.75) is 20.4 Å². The van der Waals surface area contributed by atoms with E-state index in [-0.39, 0.29) is 24.2 Å². The predicted molar refractivity (Wildman–Crippen MR) is 114 cm³/mol. The molecule has 1 saturated heterocycles. The summed E-state index contributed by atoms with van der Waals surface area (Å²) in [7, 11) is 0. The zero-order valence-corrected chi connectivity index (χ0v) is 17.4. The van der Waals surface area contributed by atoms with Crippen molar-refractivity contribution in [2.75, 3.05) is 32.7 Å². The van der Waals surface area contributed by atoms with Crippen LogP contribution in [0.5, 0.6) is 0 Å². The highest BCUT2D eigenvalue weighted by atomic mass is 19.1. The fourth-order valence-electron chi connectivity index (χ4n) is 4.04. The Kier molecular flexibility index (Phi) is 5.68. The van der Waals surface area contributed by atoms with Gasteiger partial charge in [-0.15, -0.1) is 0 Å². The molecule has 0 atom stereocenters. The molecule has 2 aliphatic rings. The maximum absolute atomic E-state index is 13.5. The molecule has 0 bridgehead atoms. The Morgan fingerprint density at radius 3 is 2.10 bits per heavy atom. The summed E-state index contributed by atoms with van der Waals surface area (Å²) in [6.45, 7) is 8.36. The van der Waals surface area contributed by atoms with Crippen molar-refractivity contribution in [3.8, 4) is 0 Å². The summed E-state index contributed by atoms with van der Waals surface area (Å²) >= 11 is 0. The van der Waals surface area contributed by atoms with Crippen molar-refractivity contribution in [3.63, 3.8) is 0 Å². The number of piperazine rings is 1. The van der Waals surface area contributed by atoms with E-state index >= 15 is 0 Å². The van der Waals surface area contributed by atoms with Crippen LogP contribution in [0.4, 0.5) is 4.39 Å². The van der Waals surface area contributed by atoms with E-state index in [1.807, 2.05) is 36.1 Å². The highest BCUT2D eigenvalue weighted by Gasteiger charge is 2.42. The number of amides is 2. The summed E-state index contributed by atoms with van der Waals surface area (Å²) in [5.41, 5.74) is 3.41. The summed E-state index contributed by atoms with van der Waals surface area (Å²) in [6.07, 6.45) is 0. The molecular formula is C24H26FN3O2. The summed E-state index contributed by atoms with van der Waals surface area (Å²) in [6, 6.07) is 13.6. The van der Waals surface area contributed by atoms with Crippen LogP contribution in [0, 0.1) is 12.7 Å². The lowest BCUT2D eigenvalue weighted by Crippen LogP contribution is -2.47. The number of carbonyl (C=O) groups excluding carboxylic acids is 2. The van der Waals surface area contributed by atoms with Crippen molar-refractivity contribution in [1.82, 2.24) is 14.7 Å². The largest absolute Gasteiger partial charge is 0.364 e. The molecule has 6 heteroatoms. The summed E-state index contributed by atoms with van der Waals surface area (Å²) in [5, 5.41) is 0. The van der Waals surface area contributed by atoms with Gasteiger partial charge in [0.05, 0.1) is 12.1 Å². The lowest BCUT2D eigenvalue weighted by atomic mass is 10.0. The smallest absolute Gasteiger partial charge is 0.278 e. The van der Waals surface area contributed by atoms with Gasteiger partial charge < -0.3 is 9.80 Å². The van der Waals surface area contributed by atoms with Crippen LogP contribution in [-0.4, -0.2) is 59.2 Å². The molecule has 0 aliphatic carbocycles. The third kappa shape index (κ3) is 3.87. The monoisotopic (exact) mass is 407 g/mol. The maximum atomic E-state index is 13.5. The number of halogens is 1. The highest BCUT2D eigenvalue weighted by molar-refractivity contribution is 6.35. The van der Waals surface area contributed by atoms with Gasteiger partial charge in [-0.1, -0.05) is 48.9 Å². The van der Waals surface area contributed by atoms with Crippen LogP contribution in [-0.2, 0) is 16.1 Å². The van der Waals surface area contributed by atoms with Crippen LogP contribution in [0.1, 0.15) is 23.6 Å². The molecule has 1 fully saturated rings. The SMILES string of the molecule is CCN1CCN(C2=C(c3ccc(F)cc3)C(=O)N(Cc3ccc(C)cc3)C2=O)CC1. The van der Waals surface area contributed by atoms with Crippen LogP contribution < -0.4 is 0 Å². The quantitative estimate of drug-likeness (QED) is 0.715. The fraction of sp³-hybridized carbons (Fsp3) is 0.333. The molecule has 0 N–H and O–H groups in total. The van der Waals surface area contributed by atoms with E-state index in [1.165, 1.54) is 17.0 Å². The molecule has 0 spiro atoms. The van der Waals surface area contributed by atoms with Gasteiger partial charge >= 0.3 is 0 Å². The molecule has 2 aliphatic heterocycles. The molecule has 156 valence electrons. The van der Waals surface area contributed by atoms with E-state index in [0.29, 0.717) is 29.9 Å². The zero-order valence-electron chi connectivity index (χ0n) is 17.4. The molecule has 0 unspecified atom stereocenters. The van der Waals surface area contributed by atoms with Gasteiger partial charge in [0.2, 0.25) is 0 Å². The summed E-state index contributed by atoms with van der Waals surface area (Å²) in [5.74, 6) is -0.962. The molecule has 30 heavy (non-hydrogen) atoms. The second-order valence-electron chi connectivity index (χ2n) is 7.83. The Morgan fingerprint density at radius 1 is 0.867 bits per heavy atom. The number of benzene rings is 2. The van der Waals surface area contributed by atoms with Gasteiger partial charge in [-0.2, -0.15) is 0 Å². The van der Waals surface area contributed by atoms with E-state index in [2.05, 4.69) is 11.8 Å². The minimum absolute atomic E-state index is 0.223. The zero-order chi connectivity index (χ0) is 21.3. The standard InChI is InChI=1S/C24H26FN3O2/c1-3-26-12-14-27(15-13-26)22-21(19-8-10-20(25)11-9-19)23(29)28(24(22)30)16-18-6-4-17(2)5-7-18/h4-11H,3,12-16H2,1-2H3. The first-order chi connectivity index (χ1) is 14.5. The van der Waals surface area contributed by atoms with E-state index in [1.54, 1.807) is 12.1 Å². The number of carbonyl (C=O) groups is 2. The Labute approximate surface area is 176 Å². The first kappa shape index (κ1) is 20.3. The molecular weight excluding hydrogens is 381 g/mol. The predicted octanol–water partition coefficient (Wildman–Crippen LogP) is 3.05. The first-order valence-corrected chi connectivity index (χ1v) is 10.4. The molecule has 2 heterocycles. The second-order valence-corrected chi connectivity index (χ2v) is 7.83.